The molecule has 6 heteroatoms. The second kappa shape index (κ2) is 9.51. The van der Waals surface area contributed by atoms with Gasteiger partial charge in [0.15, 0.2) is 0 Å². The van der Waals surface area contributed by atoms with Crippen molar-refractivity contribution in [3.8, 4) is 0 Å². The summed E-state index contributed by atoms with van der Waals surface area (Å²) in [6.07, 6.45) is 8.57. The van der Waals surface area contributed by atoms with Gasteiger partial charge in [0.25, 0.3) is 0 Å². The number of carbonyl (C=O) groups excluding carboxylic acids is 1. The summed E-state index contributed by atoms with van der Waals surface area (Å²) >= 11 is 0. The van der Waals surface area contributed by atoms with Crippen molar-refractivity contribution in [3.63, 3.8) is 0 Å². The Kier molecular flexibility index (Phi) is 7.66. The van der Waals surface area contributed by atoms with Crippen LogP contribution in [0.25, 0.3) is 0 Å². The van der Waals surface area contributed by atoms with Crippen molar-refractivity contribution < 1.29 is 4.79 Å². The highest BCUT2D eigenvalue weighted by Gasteiger charge is 2.32. The minimum absolute atomic E-state index is 0. The maximum Gasteiger partial charge on any atom is 0.237 e. The van der Waals surface area contributed by atoms with Gasteiger partial charge in [-0.3, -0.25) is 14.7 Å². The molecule has 0 radical (unpaired) electrons. The van der Waals surface area contributed by atoms with Crippen LogP contribution in [0.5, 0.6) is 0 Å². The van der Waals surface area contributed by atoms with Gasteiger partial charge in [-0.1, -0.05) is 18.9 Å². The van der Waals surface area contributed by atoms with Crippen LogP contribution in [0, 0.1) is 0 Å². The Morgan fingerprint density at radius 1 is 1.40 bits per heavy atom. The average Bonchev–Trinajstić information content (AvgIpc) is 3.10. The van der Waals surface area contributed by atoms with Crippen molar-refractivity contribution >= 4 is 18.3 Å². The molecule has 1 saturated heterocycles. The molecule has 1 unspecified atom stereocenters. The first kappa shape index (κ1) is 20.1. The van der Waals surface area contributed by atoms with E-state index in [1.54, 1.807) is 6.20 Å². The smallest absolute Gasteiger partial charge is 0.237 e. The third-order valence-corrected chi connectivity index (χ3v) is 5.32. The molecule has 0 spiro atoms. The quantitative estimate of drug-likeness (QED) is 0.870. The summed E-state index contributed by atoms with van der Waals surface area (Å²) in [5.74, 6) is 0.285. The highest BCUT2D eigenvalue weighted by atomic mass is 35.5. The summed E-state index contributed by atoms with van der Waals surface area (Å²) in [5, 5.41) is 3.45. The minimum Gasteiger partial charge on any atom is -0.336 e. The van der Waals surface area contributed by atoms with Gasteiger partial charge in [0, 0.05) is 50.2 Å². The maximum absolute atomic E-state index is 13.1. The molecular formula is C19H31ClN4O. The van der Waals surface area contributed by atoms with Gasteiger partial charge in [0.2, 0.25) is 5.91 Å². The molecule has 0 bridgehead atoms. The Hall–Kier alpha value is -1.17. The Labute approximate surface area is 157 Å². The molecule has 0 aromatic carbocycles. The third kappa shape index (κ3) is 4.93. The van der Waals surface area contributed by atoms with Gasteiger partial charge < -0.3 is 10.2 Å². The van der Waals surface area contributed by atoms with Crippen LogP contribution in [0.4, 0.5) is 0 Å². The molecule has 2 heterocycles. The molecule has 2 aliphatic rings. The fraction of sp³-hybridized carbons (Fsp3) is 0.684. The molecule has 3 rings (SSSR count). The topological polar surface area (TPSA) is 48.5 Å². The van der Waals surface area contributed by atoms with Crippen molar-refractivity contribution in [1.29, 1.82) is 0 Å². The molecule has 1 atom stereocenters. The van der Waals surface area contributed by atoms with Crippen LogP contribution in [0.15, 0.2) is 24.5 Å². The van der Waals surface area contributed by atoms with Crippen molar-refractivity contribution in [3.05, 3.63) is 30.1 Å². The lowest BCUT2D eigenvalue weighted by Crippen LogP contribution is -2.53. The molecule has 1 N–H and O–H groups in total. The number of piperazine rings is 1. The van der Waals surface area contributed by atoms with Crippen molar-refractivity contribution in [2.45, 2.75) is 57.7 Å². The first-order valence-corrected chi connectivity index (χ1v) is 9.32. The van der Waals surface area contributed by atoms with E-state index in [4.69, 9.17) is 0 Å². The highest BCUT2D eigenvalue weighted by Crippen LogP contribution is 2.27. The molecule has 5 nitrogen and oxygen atoms in total. The van der Waals surface area contributed by atoms with Crippen LogP contribution in [0.2, 0.25) is 0 Å². The first-order valence-electron chi connectivity index (χ1n) is 9.32. The minimum atomic E-state index is 0. The summed E-state index contributed by atoms with van der Waals surface area (Å²) in [5.41, 5.74) is 1.19. The number of pyridine rings is 1. The number of amides is 1. The highest BCUT2D eigenvalue weighted by molar-refractivity contribution is 5.85. The van der Waals surface area contributed by atoms with Crippen LogP contribution in [0.1, 0.15) is 51.1 Å². The molecule has 25 heavy (non-hydrogen) atoms. The van der Waals surface area contributed by atoms with E-state index >= 15 is 0 Å². The number of hydrogen-bond donors (Lipinski definition) is 1. The van der Waals surface area contributed by atoms with E-state index in [1.165, 1.54) is 18.4 Å². The molecule has 1 amide bonds. The monoisotopic (exact) mass is 366 g/mol. The molecule has 1 aliphatic heterocycles. The van der Waals surface area contributed by atoms with Crippen LogP contribution < -0.4 is 5.32 Å². The fourth-order valence-corrected chi connectivity index (χ4v) is 4.19. The number of aromatic nitrogens is 1. The average molecular weight is 367 g/mol. The van der Waals surface area contributed by atoms with E-state index in [9.17, 15) is 4.79 Å². The molecule has 1 saturated carbocycles. The van der Waals surface area contributed by atoms with Gasteiger partial charge >= 0.3 is 0 Å². The number of rotatable bonds is 5. The van der Waals surface area contributed by atoms with Gasteiger partial charge in [-0.2, -0.15) is 0 Å². The molecule has 140 valence electrons. The van der Waals surface area contributed by atoms with Gasteiger partial charge in [0.05, 0.1) is 6.54 Å². The molecule has 2 fully saturated rings. The summed E-state index contributed by atoms with van der Waals surface area (Å²) in [7, 11) is 0. The van der Waals surface area contributed by atoms with Crippen LogP contribution in [-0.4, -0.2) is 59.0 Å². The Morgan fingerprint density at radius 2 is 2.16 bits per heavy atom. The molecular weight excluding hydrogens is 336 g/mol. The normalized spacial score (nSPS) is 22.0. The number of nitrogens with one attached hydrogen (secondary N) is 1. The van der Waals surface area contributed by atoms with E-state index in [0.717, 1.165) is 32.5 Å². The zero-order valence-corrected chi connectivity index (χ0v) is 16.2. The Balaban J connectivity index is 0.00000225. The second-order valence-corrected chi connectivity index (χ2v) is 7.31. The maximum atomic E-state index is 13.1. The van der Waals surface area contributed by atoms with E-state index in [2.05, 4.69) is 40.0 Å². The number of nitrogens with zero attached hydrogens (tertiary/aromatic N) is 3. The largest absolute Gasteiger partial charge is 0.336 e. The third-order valence-electron chi connectivity index (χ3n) is 5.32. The lowest BCUT2D eigenvalue weighted by Gasteiger charge is -2.39. The van der Waals surface area contributed by atoms with E-state index in [1.807, 2.05) is 12.3 Å². The summed E-state index contributed by atoms with van der Waals surface area (Å²) in [6, 6.07) is 5.04. The summed E-state index contributed by atoms with van der Waals surface area (Å²) in [6.45, 7) is 7.52. The van der Waals surface area contributed by atoms with Crippen LogP contribution in [0.3, 0.4) is 0 Å². The predicted molar refractivity (Wildman–Crippen MR) is 103 cm³/mol. The summed E-state index contributed by atoms with van der Waals surface area (Å²) < 4.78 is 0. The lowest BCUT2D eigenvalue weighted by molar-refractivity contribution is -0.137. The number of halogens is 1. The van der Waals surface area contributed by atoms with E-state index in [-0.39, 0.29) is 30.4 Å². The van der Waals surface area contributed by atoms with Crippen molar-refractivity contribution in [2.75, 3.05) is 26.2 Å². The molecule has 1 aromatic heterocycles. The fourth-order valence-electron chi connectivity index (χ4n) is 4.19. The first-order chi connectivity index (χ1) is 11.7. The van der Waals surface area contributed by atoms with Crippen molar-refractivity contribution in [2.24, 2.45) is 0 Å². The van der Waals surface area contributed by atoms with Crippen LogP contribution >= 0.6 is 12.4 Å². The zero-order chi connectivity index (χ0) is 16.9. The molecule has 1 aromatic rings. The Morgan fingerprint density at radius 3 is 2.80 bits per heavy atom. The number of carbonyl (C=O) groups is 1. The standard InChI is InChI=1S/C19H30N4O.ClH/c1-15(2)23(17-7-3-4-8-17)19(24)14-22-11-10-21-13-18(22)16-6-5-9-20-12-16;/h5-6,9,12,15,17-18,21H,3-4,7-8,10-11,13-14H2,1-2H3;1H. The lowest BCUT2D eigenvalue weighted by atomic mass is 10.0. The van der Waals surface area contributed by atoms with Crippen LogP contribution in [-0.2, 0) is 4.79 Å². The zero-order valence-electron chi connectivity index (χ0n) is 15.4. The predicted octanol–water partition coefficient (Wildman–Crippen LogP) is 2.63. The van der Waals surface area contributed by atoms with E-state index < -0.39 is 0 Å². The second-order valence-electron chi connectivity index (χ2n) is 7.31. The Bertz CT molecular complexity index is 533. The van der Waals surface area contributed by atoms with Gasteiger partial charge in [-0.25, -0.2) is 0 Å². The van der Waals surface area contributed by atoms with E-state index in [0.29, 0.717) is 12.6 Å². The van der Waals surface area contributed by atoms with Gasteiger partial charge in [0.1, 0.15) is 0 Å². The number of hydrogen-bond acceptors (Lipinski definition) is 4. The molecule has 1 aliphatic carbocycles. The van der Waals surface area contributed by atoms with Gasteiger partial charge in [-0.15, -0.1) is 12.4 Å². The van der Waals surface area contributed by atoms with Gasteiger partial charge in [-0.05, 0) is 38.3 Å². The SMILES string of the molecule is CC(C)N(C(=O)CN1CCNCC1c1cccnc1)C1CCCC1.Cl. The summed E-state index contributed by atoms with van der Waals surface area (Å²) in [4.78, 5) is 21.8. The van der Waals surface area contributed by atoms with Crippen molar-refractivity contribution in [1.82, 2.24) is 20.1 Å².